The molecule has 7 heteroatoms. The summed E-state index contributed by atoms with van der Waals surface area (Å²) in [6, 6.07) is 13.2. The van der Waals surface area contributed by atoms with Gasteiger partial charge in [0.1, 0.15) is 18.2 Å². The van der Waals surface area contributed by atoms with Gasteiger partial charge in [-0.15, -0.1) is 0 Å². The van der Waals surface area contributed by atoms with Crippen LogP contribution in [0.25, 0.3) is 6.08 Å². The Labute approximate surface area is 197 Å². The number of hydrogen-bond donors (Lipinski definition) is 1. The van der Waals surface area contributed by atoms with E-state index in [0.717, 1.165) is 18.4 Å². The quantitative estimate of drug-likeness (QED) is 0.317. The fourth-order valence-corrected chi connectivity index (χ4v) is 3.49. The molecule has 2 aromatic carbocycles. The fraction of sp³-hybridized carbons (Fsp3) is 0.231. The number of unbranched alkanes of at least 4 members (excludes halogenated alkanes) is 1. The second kappa shape index (κ2) is 11.5. The van der Waals surface area contributed by atoms with Gasteiger partial charge in [-0.05, 0) is 61.2 Å². The van der Waals surface area contributed by atoms with E-state index < -0.39 is 5.97 Å². The molecule has 33 heavy (non-hydrogen) atoms. The second-order valence-electron chi connectivity index (χ2n) is 7.54. The van der Waals surface area contributed by atoms with E-state index in [9.17, 15) is 14.3 Å². The van der Waals surface area contributed by atoms with Gasteiger partial charge in [-0.25, -0.2) is 14.2 Å². The maximum Gasteiger partial charge on any atom is 0.331 e. The second-order valence-corrected chi connectivity index (χ2v) is 7.95. The molecule has 0 amide bonds. The zero-order valence-corrected chi connectivity index (χ0v) is 19.2. The molecule has 0 saturated carbocycles. The van der Waals surface area contributed by atoms with Gasteiger partial charge < -0.3 is 14.6 Å². The largest absolute Gasteiger partial charge is 0.487 e. The van der Waals surface area contributed by atoms with E-state index in [1.165, 1.54) is 12.3 Å². The number of nitrogens with zero attached hydrogens (tertiary/aromatic N) is 1. The van der Waals surface area contributed by atoms with Gasteiger partial charge in [0, 0.05) is 17.2 Å². The molecule has 1 heterocycles. The zero-order valence-electron chi connectivity index (χ0n) is 18.5. The van der Waals surface area contributed by atoms with Crippen molar-refractivity contribution in [2.45, 2.75) is 39.7 Å². The minimum Gasteiger partial charge on any atom is -0.487 e. The van der Waals surface area contributed by atoms with Crippen LogP contribution in [0.15, 0.2) is 60.3 Å². The Morgan fingerprint density at radius 1 is 1.21 bits per heavy atom. The molecule has 0 unspecified atom stereocenters. The first-order chi connectivity index (χ1) is 15.9. The number of hydrogen-bond acceptors (Lipinski definition) is 4. The highest BCUT2D eigenvalue weighted by Crippen LogP contribution is 2.34. The molecule has 0 aliphatic rings. The average Bonchev–Trinajstić information content (AvgIpc) is 2.79. The summed E-state index contributed by atoms with van der Waals surface area (Å²) in [6.45, 7) is 3.93. The third kappa shape index (κ3) is 6.80. The lowest BCUT2D eigenvalue weighted by atomic mass is 10.0. The van der Waals surface area contributed by atoms with Crippen LogP contribution in [-0.2, 0) is 11.4 Å². The van der Waals surface area contributed by atoms with E-state index in [4.69, 9.17) is 21.1 Å². The molecular formula is C26H25ClFNO4. The zero-order chi connectivity index (χ0) is 23.8. The summed E-state index contributed by atoms with van der Waals surface area (Å²) >= 11 is 6.43. The average molecular weight is 470 g/mol. The molecule has 0 radical (unpaired) electrons. The lowest BCUT2D eigenvalue weighted by Crippen LogP contribution is -2.00. The Morgan fingerprint density at radius 3 is 2.64 bits per heavy atom. The molecule has 0 atom stereocenters. The number of carboxylic acid groups (broad SMARTS) is 1. The van der Waals surface area contributed by atoms with Gasteiger partial charge in [0.15, 0.2) is 5.75 Å². The lowest BCUT2D eigenvalue weighted by Gasteiger charge is -2.12. The van der Waals surface area contributed by atoms with Crippen molar-refractivity contribution in [3.63, 3.8) is 0 Å². The standard InChI is InChI=1S/C26H25ClFNO4/c1-3-4-7-19(26(30)31)13-18-12-17(2)25(22(27)14-18)33-24-11-10-21(15-29-24)32-16-20-8-5-6-9-23(20)28/h5-6,8-15H,3-4,7,16H2,1-2H3,(H,30,31). The molecular weight excluding hydrogens is 445 g/mol. The van der Waals surface area contributed by atoms with E-state index in [1.54, 1.807) is 42.5 Å². The summed E-state index contributed by atoms with van der Waals surface area (Å²) in [6.07, 6.45) is 5.34. The Bertz CT molecular complexity index is 1120. The fourth-order valence-electron chi connectivity index (χ4n) is 3.17. The molecule has 0 aliphatic heterocycles. The monoisotopic (exact) mass is 469 g/mol. The van der Waals surface area contributed by atoms with Gasteiger partial charge in [-0.2, -0.15) is 0 Å². The number of aliphatic carboxylic acids is 1. The Morgan fingerprint density at radius 2 is 2.00 bits per heavy atom. The van der Waals surface area contributed by atoms with Crippen molar-refractivity contribution in [1.29, 1.82) is 0 Å². The van der Waals surface area contributed by atoms with Crippen LogP contribution in [0.5, 0.6) is 17.4 Å². The Balaban J connectivity index is 1.70. The molecule has 3 aromatic rings. The smallest absolute Gasteiger partial charge is 0.331 e. The van der Waals surface area contributed by atoms with Crippen LogP contribution < -0.4 is 9.47 Å². The number of aryl methyl sites for hydroxylation is 1. The van der Waals surface area contributed by atoms with Crippen molar-refractivity contribution in [1.82, 2.24) is 4.98 Å². The first-order valence-corrected chi connectivity index (χ1v) is 11.0. The molecule has 172 valence electrons. The number of carbonyl (C=O) groups is 1. The van der Waals surface area contributed by atoms with E-state index in [0.29, 0.717) is 45.5 Å². The van der Waals surface area contributed by atoms with E-state index in [-0.39, 0.29) is 12.4 Å². The lowest BCUT2D eigenvalue weighted by molar-refractivity contribution is -0.132. The molecule has 0 bridgehead atoms. The van der Waals surface area contributed by atoms with Gasteiger partial charge in [0.05, 0.1) is 11.2 Å². The van der Waals surface area contributed by atoms with Crippen molar-refractivity contribution >= 4 is 23.6 Å². The number of halogens is 2. The first kappa shape index (κ1) is 24.3. The van der Waals surface area contributed by atoms with Gasteiger partial charge >= 0.3 is 5.97 Å². The SMILES string of the molecule is CCCCC(=Cc1cc(C)c(Oc2ccc(OCc3ccccc3F)cn2)c(Cl)c1)C(=O)O. The maximum atomic E-state index is 13.7. The van der Waals surface area contributed by atoms with Gasteiger partial charge in [-0.3, -0.25) is 0 Å². The van der Waals surface area contributed by atoms with E-state index in [1.807, 2.05) is 19.9 Å². The summed E-state index contributed by atoms with van der Waals surface area (Å²) in [5.74, 6) is -0.0293. The molecule has 0 spiro atoms. The number of pyridine rings is 1. The molecule has 1 N–H and O–H groups in total. The molecule has 0 saturated heterocycles. The topological polar surface area (TPSA) is 68.7 Å². The maximum absolute atomic E-state index is 13.7. The number of carboxylic acids is 1. The predicted molar refractivity (Wildman–Crippen MR) is 126 cm³/mol. The minimum atomic E-state index is -0.931. The van der Waals surface area contributed by atoms with Crippen LogP contribution in [0.4, 0.5) is 4.39 Å². The molecule has 5 nitrogen and oxygen atoms in total. The van der Waals surface area contributed by atoms with Crippen LogP contribution in [-0.4, -0.2) is 16.1 Å². The van der Waals surface area contributed by atoms with Crippen LogP contribution in [0.1, 0.15) is 42.9 Å². The van der Waals surface area contributed by atoms with Crippen LogP contribution in [0.2, 0.25) is 5.02 Å². The van der Waals surface area contributed by atoms with Gasteiger partial charge in [0.25, 0.3) is 0 Å². The van der Waals surface area contributed by atoms with Crippen LogP contribution >= 0.6 is 11.6 Å². The Kier molecular flexibility index (Phi) is 8.44. The summed E-state index contributed by atoms with van der Waals surface area (Å²) in [5.41, 5.74) is 2.24. The van der Waals surface area contributed by atoms with Crippen LogP contribution in [0, 0.1) is 12.7 Å². The third-order valence-electron chi connectivity index (χ3n) is 4.93. The highest BCUT2D eigenvalue weighted by molar-refractivity contribution is 6.32. The summed E-state index contributed by atoms with van der Waals surface area (Å²) in [4.78, 5) is 15.7. The number of benzene rings is 2. The normalized spacial score (nSPS) is 11.3. The molecule has 3 rings (SSSR count). The Hall–Kier alpha value is -3.38. The van der Waals surface area contributed by atoms with Crippen molar-refractivity contribution in [3.8, 4) is 17.4 Å². The van der Waals surface area contributed by atoms with Crippen molar-refractivity contribution in [2.24, 2.45) is 0 Å². The van der Waals surface area contributed by atoms with Crippen molar-refractivity contribution in [2.75, 3.05) is 0 Å². The van der Waals surface area contributed by atoms with Crippen molar-refractivity contribution < 1.29 is 23.8 Å². The van der Waals surface area contributed by atoms with Crippen LogP contribution in [0.3, 0.4) is 0 Å². The highest BCUT2D eigenvalue weighted by atomic mass is 35.5. The number of rotatable bonds is 10. The number of aromatic nitrogens is 1. The first-order valence-electron chi connectivity index (χ1n) is 10.6. The summed E-state index contributed by atoms with van der Waals surface area (Å²) in [7, 11) is 0. The van der Waals surface area contributed by atoms with Crippen molar-refractivity contribution in [3.05, 3.63) is 87.8 Å². The van der Waals surface area contributed by atoms with E-state index >= 15 is 0 Å². The predicted octanol–water partition coefficient (Wildman–Crippen LogP) is 7.21. The third-order valence-corrected chi connectivity index (χ3v) is 5.22. The van der Waals surface area contributed by atoms with Gasteiger partial charge in [-0.1, -0.05) is 43.1 Å². The van der Waals surface area contributed by atoms with Gasteiger partial charge in [0.2, 0.25) is 5.88 Å². The van der Waals surface area contributed by atoms with E-state index in [2.05, 4.69) is 4.98 Å². The highest BCUT2D eigenvalue weighted by Gasteiger charge is 2.12. The molecule has 1 aromatic heterocycles. The molecule has 0 fully saturated rings. The minimum absolute atomic E-state index is 0.0884. The summed E-state index contributed by atoms with van der Waals surface area (Å²) < 4.78 is 25.1. The molecule has 0 aliphatic carbocycles. The number of ether oxygens (including phenoxy) is 2. The summed E-state index contributed by atoms with van der Waals surface area (Å²) in [5, 5.41) is 9.78.